The Balaban J connectivity index is -0.000000288. The van der Waals surface area contributed by atoms with Crippen molar-refractivity contribution < 1.29 is 14.7 Å². The molecule has 2 atom stereocenters. The molecule has 2 aliphatic rings. The van der Waals surface area contributed by atoms with Gasteiger partial charge >= 0.3 is 0 Å². The molecule has 1 N–H and O–H groups in total. The summed E-state index contributed by atoms with van der Waals surface area (Å²) in [5.41, 5.74) is 2.86. The predicted molar refractivity (Wildman–Crippen MR) is 206 cm³/mol. The van der Waals surface area contributed by atoms with E-state index in [9.17, 15) is 9.59 Å². The number of hydrogen-bond donors (Lipinski definition) is 1. The molecule has 1 aliphatic carbocycles. The number of carbonyl (C=O) groups is 2. The second kappa shape index (κ2) is 34.6. The van der Waals surface area contributed by atoms with Gasteiger partial charge in [0, 0.05) is 38.7 Å². The zero-order chi connectivity index (χ0) is 36.6. The standard InChI is InChI=1S/C18H36N2O.C8H10.C7H14.C3H6O.2C2H6.CH4O/c1-7-11-19(12-9-15(3)8-2)17(21)16-10-13-20(14-16)18(4,5)6;1-7-4-3-5-8(2)6-7;1-7-5-3-2-4-6-7;1-2-3-4;3*1-2/h15-16H,7-14H2,1-6H3;3-6H,1-2H3;7H,2-6H2,1H3;3H,2H2,1H3;2*1-2H3;2H,1H3. The van der Waals surface area contributed by atoms with Crippen LogP contribution in [0.4, 0.5) is 0 Å². The summed E-state index contributed by atoms with van der Waals surface area (Å²) in [4.78, 5) is 26.6. The average molecular weight is 651 g/mol. The molecule has 0 spiro atoms. The maximum atomic E-state index is 12.8. The molecule has 1 aromatic carbocycles. The first-order valence-corrected chi connectivity index (χ1v) is 18.8. The number of amides is 1. The minimum atomic E-state index is 0.182. The molecule has 1 saturated carbocycles. The van der Waals surface area contributed by atoms with Gasteiger partial charge in [0.15, 0.2) is 0 Å². The van der Waals surface area contributed by atoms with Crippen LogP contribution < -0.4 is 0 Å². The van der Waals surface area contributed by atoms with Crippen LogP contribution in [0.2, 0.25) is 0 Å². The van der Waals surface area contributed by atoms with Crippen molar-refractivity contribution in [1.82, 2.24) is 9.80 Å². The molecule has 1 saturated heterocycles. The van der Waals surface area contributed by atoms with E-state index in [2.05, 4.69) is 96.4 Å². The summed E-state index contributed by atoms with van der Waals surface area (Å²) in [6, 6.07) is 8.45. The highest BCUT2D eigenvalue weighted by Crippen LogP contribution is 2.26. The van der Waals surface area contributed by atoms with Crippen LogP contribution in [-0.2, 0) is 9.59 Å². The van der Waals surface area contributed by atoms with Gasteiger partial charge in [-0.2, -0.15) is 0 Å². The normalized spacial score (nSPS) is 16.2. The minimum Gasteiger partial charge on any atom is -0.400 e. The van der Waals surface area contributed by atoms with Crippen molar-refractivity contribution in [3.8, 4) is 0 Å². The average Bonchev–Trinajstić information content (AvgIpc) is 3.58. The Kier molecular flexibility index (Phi) is 38.5. The maximum Gasteiger partial charge on any atom is 0.227 e. The summed E-state index contributed by atoms with van der Waals surface area (Å²) in [6.45, 7) is 33.6. The summed E-state index contributed by atoms with van der Waals surface area (Å²) < 4.78 is 0. The van der Waals surface area contributed by atoms with E-state index in [0.29, 0.717) is 18.2 Å². The topological polar surface area (TPSA) is 60.9 Å². The Morgan fingerprint density at radius 2 is 1.46 bits per heavy atom. The summed E-state index contributed by atoms with van der Waals surface area (Å²) >= 11 is 0. The molecule has 46 heavy (non-hydrogen) atoms. The first kappa shape index (κ1) is 51.1. The molecule has 0 bridgehead atoms. The zero-order valence-electron chi connectivity index (χ0n) is 33.7. The lowest BCUT2D eigenvalue weighted by molar-refractivity contribution is -0.135. The van der Waals surface area contributed by atoms with Gasteiger partial charge in [-0.05, 0) is 72.3 Å². The van der Waals surface area contributed by atoms with E-state index >= 15 is 0 Å². The highest BCUT2D eigenvalue weighted by molar-refractivity contribution is 5.79. The third-order valence-corrected chi connectivity index (χ3v) is 8.11. The molecule has 0 aromatic heterocycles. The Morgan fingerprint density at radius 3 is 1.76 bits per heavy atom. The first-order chi connectivity index (χ1) is 21.9. The summed E-state index contributed by atoms with van der Waals surface area (Å²) in [7, 11) is 1.00. The second-order valence-corrected chi connectivity index (χ2v) is 13.2. The van der Waals surface area contributed by atoms with E-state index < -0.39 is 0 Å². The van der Waals surface area contributed by atoms with Crippen LogP contribution in [0.3, 0.4) is 0 Å². The number of aliphatic hydroxyl groups excluding tert-OH is 1. The number of aryl methyl sites for hydroxylation is 2. The zero-order valence-corrected chi connectivity index (χ0v) is 33.7. The highest BCUT2D eigenvalue weighted by atomic mass is 16.2. The number of nitrogens with zero attached hydrogens (tertiary/aromatic N) is 2. The van der Waals surface area contributed by atoms with Crippen molar-refractivity contribution in [1.29, 1.82) is 0 Å². The van der Waals surface area contributed by atoms with Crippen molar-refractivity contribution in [3.05, 3.63) is 35.4 Å². The lowest BCUT2D eigenvalue weighted by Gasteiger charge is -2.32. The van der Waals surface area contributed by atoms with Crippen LogP contribution in [0.5, 0.6) is 0 Å². The van der Waals surface area contributed by atoms with Gasteiger partial charge in [-0.25, -0.2) is 0 Å². The lowest BCUT2D eigenvalue weighted by atomic mass is 9.91. The summed E-state index contributed by atoms with van der Waals surface area (Å²) in [5, 5.41) is 7.00. The molecule has 0 radical (unpaired) electrons. The van der Waals surface area contributed by atoms with Crippen molar-refractivity contribution in [2.75, 3.05) is 33.3 Å². The van der Waals surface area contributed by atoms with Crippen molar-refractivity contribution in [2.45, 2.75) is 167 Å². The molecule has 5 nitrogen and oxygen atoms in total. The van der Waals surface area contributed by atoms with E-state index in [1.165, 1.54) is 49.7 Å². The fraction of sp³-hybridized carbons (Fsp3) is 0.805. The molecule has 5 heteroatoms. The van der Waals surface area contributed by atoms with Gasteiger partial charge in [-0.3, -0.25) is 9.69 Å². The van der Waals surface area contributed by atoms with Gasteiger partial charge in [0.1, 0.15) is 6.29 Å². The molecule has 274 valence electrons. The van der Waals surface area contributed by atoms with Gasteiger partial charge in [0.25, 0.3) is 0 Å². The molecular weight excluding hydrogens is 568 g/mol. The van der Waals surface area contributed by atoms with E-state index in [0.717, 1.165) is 64.8 Å². The number of likely N-dealkylation sites (tertiary alicyclic amines) is 1. The minimum absolute atomic E-state index is 0.182. The van der Waals surface area contributed by atoms with E-state index in [4.69, 9.17) is 5.11 Å². The number of hydrogen-bond acceptors (Lipinski definition) is 4. The van der Waals surface area contributed by atoms with E-state index in [-0.39, 0.29) is 11.5 Å². The first-order valence-electron chi connectivity index (χ1n) is 18.8. The van der Waals surface area contributed by atoms with Crippen LogP contribution in [0.1, 0.15) is 158 Å². The quantitative estimate of drug-likeness (QED) is 0.284. The smallest absolute Gasteiger partial charge is 0.227 e. The van der Waals surface area contributed by atoms with Gasteiger partial charge in [0.05, 0.1) is 5.92 Å². The van der Waals surface area contributed by atoms with Crippen LogP contribution in [0.15, 0.2) is 24.3 Å². The van der Waals surface area contributed by atoms with Crippen LogP contribution in [0, 0.1) is 31.6 Å². The lowest BCUT2D eigenvalue weighted by Crippen LogP contribution is -2.42. The van der Waals surface area contributed by atoms with Gasteiger partial charge < -0.3 is 14.8 Å². The van der Waals surface area contributed by atoms with Crippen LogP contribution >= 0.6 is 0 Å². The predicted octanol–water partition coefficient (Wildman–Crippen LogP) is 10.9. The van der Waals surface area contributed by atoms with Crippen LogP contribution in [-0.4, -0.2) is 65.9 Å². The SMILES string of the molecule is CC.CC.CC1CCCCC1.CCC=O.CCCN(CCC(C)CC)C(=O)C1CCN(C(C)(C)C)C1.CO.Cc1cccc(C)c1. The Labute approximate surface area is 289 Å². The third-order valence-electron chi connectivity index (χ3n) is 8.11. The molecule has 1 heterocycles. The Bertz CT molecular complexity index is 767. The van der Waals surface area contributed by atoms with Gasteiger partial charge in [0.2, 0.25) is 5.91 Å². The fourth-order valence-corrected chi connectivity index (χ4v) is 5.13. The largest absolute Gasteiger partial charge is 0.400 e. The van der Waals surface area contributed by atoms with Crippen molar-refractivity contribution in [3.63, 3.8) is 0 Å². The Morgan fingerprint density at radius 1 is 0.957 bits per heavy atom. The van der Waals surface area contributed by atoms with E-state index in [1.54, 1.807) is 0 Å². The summed E-state index contributed by atoms with van der Waals surface area (Å²) in [6.07, 6.45) is 13.4. The second-order valence-electron chi connectivity index (χ2n) is 13.2. The number of carbonyl (C=O) groups excluding carboxylic acids is 2. The number of aldehydes is 1. The molecule has 2 unspecified atom stereocenters. The van der Waals surface area contributed by atoms with Crippen molar-refractivity contribution >= 4 is 12.2 Å². The molecule has 3 rings (SSSR count). The molecule has 1 aliphatic heterocycles. The molecular formula is C41H82N2O3. The summed E-state index contributed by atoms with van der Waals surface area (Å²) in [5.74, 6) is 2.36. The van der Waals surface area contributed by atoms with Gasteiger partial charge in [-0.15, -0.1) is 0 Å². The number of aliphatic hydroxyl groups is 1. The third kappa shape index (κ3) is 28.5. The number of rotatable bonds is 8. The van der Waals surface area contributed by atoms with E-state index in [1.807, 2.05) is 34.6 Å². The number of benzene rings is 1. The molecule has 2 fully saturated rings. The highest BCUT2D eigenvalue weighted by Gasteiger charge is 2.35. The van der Waals surface area contributed by atoms with Crippen molar-refractivity contribution in [2.24, 2.45) is 17.8 Å². The molecule has 1 aromatic rings. The molecule has 1 amide bonds. The van der Waals surface area contributed by atoms with Crippen LogP contribution in [0.25, 0.3) is 0 Å². The Hall–Kier alpha value is -1.72. The van der Waals surface area contributed by atoms with Gasteiger partial charge in [-0.1, -0.05) is 136 Å². The monoisotopic (exact) mass is 651 g/mol. The fourth-order valence-electron chi connectivity index (χ4n) is 5.13. The maximum absolute atomic E-state index is 12.8.